The van der Waals surface area contributed by atoms with Crippen LogP contribution < -0.4 is 5.32 Å². The molecular formula is C18H25N. The Balaban J connectivity index is 2.06. The van der Waals surface area contributed by atoms with Gasteiger partial charge in [-0.05, 0) is 30.7 Å². The predicted octanol–water partition coefficient (Wildman–Crippen LogP) is 4.10. The van der Waals surface area contributed by atoms with Gasteiger partial charge in [-0.1, -0.05) is 62.4 Å². The number of terminal acetylenes is 1. The second-order valence-corrected chi connectivity index (χ2v) is 5.58. The first-order valence-corrected chi connectivity index (χ1v) is 7.62. The minimum atomic E-state index is 0.235. The summed E-state index contributed by atoms with van der Waals surface area (Å²) < 4.78 is 0. The first-order valence-electron chi connectivity index (χ1n) is 7.62. The van der Waals surface area contributed by atoms with E-state index in [0.29, 0.717) is 12.0 Å². The number of hydrogen-bond donors (Lipinski definition) is 1. The largest absolute Gasteiger partial charge is 0.300 e. The molecule has 1 aliphatic carbocycles. The van der Waals surface area contributed by atoms with Crippen LogP contribution in [0.15, 0.2) is 30.3 Å². The van der Waals surface area contributed by atoms with E-state index < -0.39 is 0 Å². The summed E-state index contributed by atoms with van der Waals surface area (Å²) in [6.07, 6.45) is 13.1. The Kier molecular flexibility index (Phi) is 5.48. The highest BCUT2D eigenvalue weighted by atomic mass is 15.0. The van der Waals surface area contributed by atoms with Gasteiger partial charge in [-0.2, -0.15) is 0 Å². The molecule has 0 heterocycles. The molecule has 0 aliphatic heterocycles. The SMILES string of the molecule is C#CC(CCC)NC1CCCCC1c1ccccc1. The highest BCUT2D eigenvalue weighted by Crippen LogP contribution is 2.33. The zero-order valence-corrected chi connectivity index (χ0v) is 11.9. The zero-order chi connectivity index (χ0) is 13.5. The van der Waals surface area contributed by atoms with Gasteiger partial charge in [0, 0.05) is 6.04 Å². The lowest BCUT2D eigenvalue weighted by atomic mass is 9.79. The lowest BCUT2D eigenvalue weighted by Crippen LogP contribution is -2.42. The summed E-state index contributed by atoms with van der Waals surface area (Å²) >= 11 is 0. The normalized spacial score (nSPS) is 24.6. The van der Waals surface area contributed by atoms with Crippen molar-refractivity contribution < 1.29 is 0 Å². The molecule has 1 nitrogen and oxygen atoms in total. The molecule has 1 fully saturated rings. The van der Waals surface area contributed by atoms with E-state index >= 15 is 0 Å². The molecule has 1 aromatic carbocycles. The van der Waals surface area contributed by atoms with E-state index in [0.717, 1.165) is 12.8 Å². The monoisotopic (exact) mass is 255 g/mol. The Morgan fingerprint density at radius 1 is 1.26 bits per heavy atom. The number of nitrogens with one attached hydrogen (secondary N) is 1. The van der Waals surface area contributed by atoms with Gasteiger partial charge in [0.1, 0.15) is 0 Å². The van der Waals surface area contributed by atoms with Gasteiger partial charge in [-0.25, -0.2) is 0 Å². The van der Waals surface area contributed by atoms with Gasteiger partial charge in [-0.3, -0.25) is 0 Å². The van der Waals surface area contributed by atoms with Crippen LogP contribution in [0.2, 0.25) is 0 Å². The second kappa shape index (κ2) is 7.36. The summed E-state index contributed by atoms with van der Waals surface area (Å²) in [5.74, 6) is 3.54. The van der Waals surface area contributed by atoms with Crippen LogP contribution in [0.5, 0.6) is 0 Å². The molecule has 0 aromatic heterocycles. The van der Waals surface area contributed by atoms with Crippen LogP contribution in [0, 0.1) is 12.3 Å². The lowest BCUT2D eigenvalue weighted by molar-refractivity contribution is 0.310. The molecular weight excluding hydrogens is 230 g/mol. The van der Waals surface area contributed by atoms with Crippen molar-refractivity contribution in [3.05, 3.63) is 35.9 Å². The van der Waals surface area contributed by atoms with E-state index in [1.165, 1.54) is 31.2 Å². The quantitative estimate of drug-likeness (QED) is 0.781. The van der Waals surface area contributed by atoms with Gasteiger partial charge in [0.2, 0.25) is 0 Å². The predicted molar refractivity (Wildman–Crippen MR) is 82.1 cm³/mol. The van der Waals surface area contributed by atoms with E-state index in [4.69, 9.17) is 6.42 Å². The van der Waals surface area contributed by atoms with Crippen molar-refractivity contribution >= 4 is 0 Å². The molecule has 1 aromatic rings. The van der Waals surface area contributed by atoms with Gasteiger partial charge in [0.15, 0.2) is 0 Å². The van der Waals surface area contributed by atoms with E-state index in [2.05, 4.69) is 48.5 Å². The molecule has 0 amide bonds. The van der Waals surface area contributed by atoms with Crippen LogP contribution >= 0.6 is 0 Å². The molecule has 1 N–H and O–H groups in total. The molecule has 1 heteroatoms. The van der Waals surface area contributed by atoms with Crippen LogP contribution in [-0.4, -0.2) is 12.1 Å². The minimum Gasteiger partial charge on any atom is -0.300 e. The molecule has 102 valence electrons. The molecule has 3 atom stereocenters. The van der Waals surface area contributed by atoms with E-state index in [-0.39, 0.29) is 6.04 Å². The van der Waals surface area contributed by atoms with E-state index in [1.807, 2.05) is 0 Å². The van der Waals surface area contributed by atoms with Crippen LogP contribution in [-0.2, 0) is 0 Å². The lowest BCUT2D eigenvalue weighted by Gasteiger charge is -2.34. The van der Waals surface area contributed by atoms with Crippen molar-refractivity contribution in [2.75, 3.05) is 0 Å². The average Bonchev–Trinajstić information content (AvgIpc) is 2.48. The Bertz CT molecular complexity index is 403. The average molecular weight is 255 g/mol. The molecule has 1 saturated carbocycles. The number of hydrogen-bond acceptors (Lipinski definition) is 1. The summed E-state index contributed by atoms with van der Waals surface area (Å²) in [4.78, 5) is 0. The zero-order valence-electron chi connectivity index (χ0n) is 11.9. The summed E-state index contributed by atoms with van der Waals surface area (Å²) in [6.45, 7) is 2.20. The van der Waals surface area contributed by atoms with Gasteiger partial charge in [0.05, 0.1) is 6.04 Å². The van der Waals surface area contributed by atoms with Crippen LogP contribution in [0.4, 0.5) is 0 Å². The van der Waals surface area contributed by atoms with E-state index in [1.54, 1.807) is 0 Å². The highest BCUT2D eigenvalue weighted by molar-refractivity contribution is 5.22. The van der Waals surface area contributed by atoms with Crippen molar-refractivity contribution in [3.8, 4) is 12.3 Å². The van der Waals surface area contributed by atoms with E-state index in [9.17, 15) is 0 Å². The third-order valence-electron chi connectivity index (χ3n) is 4.19. The van der Waals surface area contributed by atoms with Gasteiger partial charge in [-0.15, -0.1) is 6.42 Å². The third-order valence-corrected chi connectivity index (χ3v) is 4.19. The summed E-state index contributed by atoms with van der Waals surface area (Å²) in [7, 11) is 0. The fraction of sp³-hybridized carbons (Fsp3) is 0.556. The molecule has 1 aliphatic rings. The van der Waals surface area contributed by atoms with Gasteiger partial charge >= 0.3 is 0 Å². The topological polar surface area (TPSA) is 12.0 Å². The highest BCUT2D eigenvalue weighted by Gasteiger charge is 2.27. The Labute approximate surface area is 117 Å². The first-order chi connectivity index (χ1) is 9.35. The Hall–Kier alpha value is -1.26. The van der Waals surface area contributed by atoms with Crippen molar-refractivity contribution in [1.82, 2.24) is 5.32 Å². The molecule has 3 unspecified atom stereocenters. The minimum absolute atomic E-state index is 0.235. The fourth-order valence-electron chi connectivity index (χ4n) is 3.19. The maximum absolute atomic E-state index is 5.65. The van der Waals surface area contributed by atoms with Crippen molar-refractivity contribution in [3.63, 3.8) is 0 Å². The Morgan fingerprint density at radius 2 is 2.00 bits per heavy atom. The van der Waals surface area contributed by atoms with Crippen LogP contribution in [0.1, 0.15) is 56.9 Å². The standard InChI is InChI=1S/C18H25N/c1-3-10-16(4-2)19-18-14-9-8-13-17(18)15-11-6-5-7-12-15/h2,5-7,11-12,16-19H,3,8-10,13-14H2,1H3. The van der Waals surface area contributed by atoms with Gasteiger partial charge < -0.3 is 5.32 Å². The third kappa shape index (κ3) is 3.85. The summed E-state index contributed by atoms with van der Waals surface area (Å²) in [5.41, 5.74) is 1.46. The van der Waals surface area contributed by atoms with Crippen molar-refractivity contribution in [2.24, 2.45) is 0 Å². The molecule has 0 bridgehead atoms. The fourth-order valence-corrected chi connectivity index (χ4v) is 3.19. The first kappa shape index (κ1) is 14.2. The van der Waals surface area contributed by atoms with Crippen LogP contribution in [0.3, 0.4) is 0 Å². The van der Waals surface area contributed by atoms with Gasteiger partial charge in [0.25, 0.3) is 0 Å². The second-order valence-electron chi connectivity index (χ2n) is 5.58. The van der Waals surface area contributed by atoms with Crippen molar-refractivity contribution in [1.29, 1.82) is 0 Å². The van der Waals surface area contributed by atoms with Crippen LogP contribution in [0.25, 0.3) is 0 Å². The molecule has 0 spiro atoms. The summed E-state index contributed by atoms with van der Waals surface area (Å²) in [6, 6.07) is 11.7. The maximum atomic E-state index is 5.65. The van der Waals surface area contributed by atoms with Crippen molar-refractivity contribution in [2.45, 2.75) is 63.5 Å². The molecule has 0 radical (unpaired) electrons. The summed E-state index contributed by atoms with van der Waals surface area (Å²) in [5, 5.41) is 3.72. The molecule has 19 heavy (non-hydrogen) atoms. The smallest absolute Gasteiger partial charge is 0.0689 e. The molecule has 2 rings (SSSR count). The number of rotatable bonds is 5. The Morgan fingerprint density at radius 3 is 2.68 bits per heavy atom. The maximum Gasteiger partial charge on any atom is 0.0689 e. The molecule has 0 saturated heterocycles. The number of benzene rings is 1.